The van der Waals surface area contributed by atoms with Gasteiger partial charge in [-0.15, -0.1) is 0 Å². The topological polar surface area (TPSA) is 68.5 Å². The lowest BCUT2D eigenvalue weighted by molar-refractivity contribution is -0.132. The first-order chi connectivity index (χ1) is 14.2. The smallest absolute Gasteiger partial charge is 0.260 e. The van der Waals surface area contributed by atoms with Gasteiger partial charge >= 0.3 is 0 Å². The highest BCUT2D eigenvalue weighted by atomic mass is 16.5. The molecule has 1 saturated heterocycles. The maximum atomic E-state index is 12.8. The number of nitrogens with zero attached hydrogens (tertiary/aromatic N) is 3. The second-order valence-corrected chi connectivity index (χ2v) is 7.91. The van der Waals surface area contributed by atoms with Crippen LogP contribution in [0.4, 0.5) is 0 Å². The molecule has 2 atom stereocenters. The Kier molecular flexibility index (Phi) is 4.54. The lowest BCUT2D eigenvalue weighted by Crippen LogP contribution is -2.37. The number of benzene rings is 2. The molecular formula is C23H23N3O3. The zero-order valence-corrected chi connectivity index (χ0v) is 16.2. The highest BCUT2D eigenvalue weighted by molar-refractivity contribution is 5.78. The average molecular weight is 389 g/mol. The van der Waals surface area contributed by atoms with E-state index in [-0.39, 0.29) is 17.9 Å². The first kappa shape index (κ1) is 17.9. The van der Waals surface area contributed by atoms with E-state index in [0.29, 0.717) is 24.1 Å². The minimum Gasteiger partial charge on any atom is -0.484 e. The SMILES string of the molecule is O=C(COc1ccccc1)N1C[C@H]2CCC[C@@]2(c2noc(-c3ccccc3)n2)C1. The summed E-state index contributed by atoms with van der Waals surface area (Å²) in [6, 6.07) is 19.2. The van der Waals surface area contributed by atoms with Crippen LogP contribution >= 0.6 is 0 Å². The Morgan fingerprint density at radius 1 is 1.14 bits per heavy atom. The third-order valence-corrected chi connectivity index (χ3v) is 6.22. The summed E-state index contributed by atoms with van der Waals surface area (Å²) < 4.78 is 11.2. The number of carbonyl (C=O) groups is 1. The van der Waals surface area contributed by atoms with E-state index in [1.165, 1.54) is 0 Å². The number of para-hydroxylation sites is 1. The van der Waals surface area contributed by atoms with Crippen LogP contribution in [0.25, 0.3) is 11.5 Å². The van der Waals surface area contributed by atoms with Crippen LogP contribution in [0.5, 0.6) is 5.75 Å². The molecule has 0 spiro atoms. The second-order valence-electron chi connectivity index (χ2n) is 7.91. The van der Waals surface area contributed by atoms with Crippen molar-refractivity contribution in [2.75, 3.05) is 19.7 Å². The molecule has 1 aliphatic heterocycles. The molecule has 6 nitrogen and oxygen atoms in total. The highest BCUT2D eigenvalue weighted by Gasteiger charge is 2.54. The van der Waals surface area contributed by atoms with Crippen molar-refractivity contribution in [2.45, 2.75) is 24.7 Å². The monoisotopic (exact) mass is 389 g/mol. The predicted octanol–water partition coefficient (Wildman–Crippen LogP) is 3.70. The van der Waals surface area contributed by atoms with Crippen molar-refractivity contribution in [2.24, 2.45) is 5.92 Å². The fourth-order valence-corrected chi connectivity index (χ4v) is 4.72. The maximum Gasteiger partial charge on any atom is 0.260 e. The molecule has 3 aromatic rings. The van der Waals surface area contributed by atoms with E-state index < -0.39 is 0 Å². The second kappa shape index (κ2) is 7.35. The molecule has 2 fully saturated rings. The van der Waals surface area contributed by atoms with Crippen molar-refractivity contribution < 1.29 is 14.1 Å². The minimum absolute atomic E-state index is 0.00871. The van der Waals surface area contributed by atoms with Gasteiger partial charge in [-0.3, -0.25) is 4.79 Å². The molecule has 1 aromatic heterocycles. The molecule has 29 heavy (non-hydrogen) atoms. The third kappa shape index (κ3) is 3.28. The number of ether oxygens (including phenoxy) is 1. The van der Waals surface area contributed by atoms with Gasteiger partial charge in [-0.2, -0.15) is 4.98 Å². The molecule has 0 radical (unpaired) electrons. The van der Waals surface area contributed by atoms with Gasteiger partial charge in [-0.25, -0.2) is 0 Å². The molecule has 148 valence electrons. The third-order valence-electron chi connectivity index (χ3n) is 6.22. The number of hydrogen-bond donors (Lipinski definition) is 0. The number of likely N-dealkylation sites (tertiary alicyclic amines) is 1. The molecule has 1 aliphatic carbocycles. The molecule has 5 rings (SSSR count). The number of fused-ring (bicyclic) bond motifs is 1. The summed E-state index contributed by atoms with van der Waals surface area (Å²) >= 11 is 0. The Bertz CT molecular complexity index is 989. The Morgan fingerprint density at radius 3 is 2.69 bits per heavy atom. The Balaban J connectivity index is 1.32. The molecule has 2 heterocycles. The molecule has 1 amide bonds. The highest BCUT2D eigenvalue weighted by Crippen LogP contribution is 2.49. The first-order valence-electron chi connectivity index (χ1n) is 10.1. The summed E-state index contributed by atoms with van der Waals surface area (Å²) in [4.78, 5) is 19.4. The minimum atomic E-state index is -0.209. The summed E-state index contributed by atoms with van der Waals surface area (Å²) in [6.45, 7) is 1.41. The number of aromatic nitrogens is 2. The molecule has 2 aliphatic rings. The zero-order valence-electron chi connectivity index (χ0n) is 16.2. The van der Waals surface area contributed by atoms with E-state index in [0.717, 1.165) is 37.2 Å². The number of rotatable bonds is 5. The van der Waals surface area contributed by atoms with Gasteiger partial charge < -0.3 is 14.2 Å². The average Bonchev–Trinajstić information content (AvgIpc) is 3.47. The Morgan fingerprint density at radius 2 is 1.90 bits per heavy atom. The summed E-state index contributed by atoms with van der Waals surface area (Å²) in [5.74, 6) is 2.36. The number of hydrogen-bond acceptors (Lipinski definition) is 5. The quantitative estimate of drug-likeness (QED) is 0.666. The van der Waals surface area contributed by atoms with E-state index in [9.17, 15) is 4.79 Å². The molecule has 0 bridgehead atoms. The van der Waals surface area contributed by atoms with Gasteiger partial charge in [-0.1, -0.05) is 48.0 Å². The van der Waals surface area contributed by atoms with Gasteiger partial charge in [-0.05, 0) is 43.0 Å². The van der Waals surface area contributed by atoms with E-state index in [2.05, 4.69) is 5.16 Å². The van der Waals surface area contributed by atoms with Crippen molar-refractivity contribution in [3.63, 3.8) is 0 Å². The molecule has 2 aromatic carbocycles. The fraction of sp³-hybridized carbons (Fsp3) is 0.348. The van der Waals surface area contributed by atoms with Crippen LogP contribution < -0.4 is 4.74 Å². The first-order valence-corrected chi connectivity index (χ1v) is 10.1. The number of carbonyl (C=O) groups excluding carboxylic acids is 1. The van der Waals surface area contributed by atoms with Crippen molar-refractivity contribution in [1.29, 1.82) is 0 Å². The van der Waals surface area contributed by atoms with E-state index in [1.54, 1.807) is 0 Å². The van der Waals surface area contributed by atoms with Gasteiger partial charge in [0, 0.05) is 18.7 Å². The van der Waals surface area contributed by atoms with Gasteiger partial charge in [0.05, 0.1) is 5.41 Å². The Labute approximate surface area is 169 Å². The van der Waals surface area contributed by atoms with Gasteiger partial charge in [0.2, 0.25) is 0 Å². The lowest BCUT2D eigenvalue weighted by Gasteiger charge is -2.24. The summed E-state index contributed by atoms with van der Waals surface area (Å²) in [7, 11) is 0. The van der Waals surface area contributed by atoms with Gasteiger partial charge in [0.1, 0.15) is 5.75 Å². The van der Waals surface area contributed by atoms with Crippen LogP contribution in [-0.2, 0) is 10.2 Å². The van der Waals surface area contributed by atoms with Crippen molar-refractivity contribution >= 4 is 5.91 Å². The zero-order chi connectivity index (χ0) is 19.7. The van der Waals surface area contributed by atoms with Crippen molar-refractivity contribution in [3.8, 4) is 17.2 Å². The van der Waals surface area contributed by atoms with E-state index in [4.69, 9.17) is 14.2 Å². The largest absolute Gasteiger partial charge is 0.484 e. The number of amides is 1. The molecule has 1 saturated carbocycles. The van der Waals surface area contributed by atoms with Crippen LogP contribution in [0.2, 0.25) is 0 Å². The van der Waals surface area contributed by atoms with Crippen molar-refractivity contribution in [1.82, 2.24) is 15.0 Å². The normalized spacial score (nSPS) is 23.2. The van der Waals surface area contributed by atoms with Crippen LogP contribution in [0.15, 0.2) is 65.2 Å². The van der Waals surface area contributed by atoms with Crippen LogP contribution in [0.1, 0.15) is 25.1 Å². The molecule has 6 heteroatoms. The Hall–Kier alpha value is -3.15. The fourth-order valence-electron chi connectivity index (χ4n) is 4.72. The van der Waals surface area contributed by atoms with Crippen LogP contribution in [-0.4, -0.2) is 40.6 Å². The molecular weight excluding hydrogens is 366 g/mol. The van der Waals surface area contributed by atoms with E-state index in [1.807, 2.05) is 65.6 Å². The standard InChI is InChI=1S/C23H23N3O3/c27-20(15-28-19-11-5-2-6-12-19)26-14-18-10-7-13-23(18,16-26)22-24-21(29-25-22)17-8-3-1-4-9-17/h1-6,8-9,11-12,18H,7,10,13-16H2/t18-,23-/m1/s1. The lowest BCUT2D eigenvalue weighted by atomic mass is 9.80. The molecule has 0 unspecified atom stereocenters. The van der Waals surface area contributed by atoms with Crippen LogP contribution in [0, 0.1) is 5.92 Å². The molecule has 0 N–H and O–H groups in total. The summed E-state index contributed by atoms with van der Waals surface area (Å²) in [6.07, 6.45) is 3.19. The van der Waals surface area contributed by atoms with E-state index >= 15 is 0 Å². The van der Waals surface area contributed by atoms with Gasteiger partial charge in [0.25, 0.3) is 11.8 Å². The van der Waals surface area contributed by atoms with Crippen LogP contribution in [0.3, 0.4) is 0 Å². The maximum absolute atomic E-state index is 12.8. The predicted molar refractivity (Wildman–Crippen MR) is 107 cm³/mol. The summed E-state index contributed by atoms with van der Waals surface area (Å²) in [5.41, 5.74) is 0.707. The summed E-state index contributed by atoms with van der Waals surface area (Å²) in [5, 5.41) is 4.34. The van der Waals surface area contributed by atoms with Crippen molar-refractivity contribution in [3.05, 3.63) is 66.5 Å². The van der Waals surface area contributed by atoms with Gasteiger partial charge in [0.15, 0.2) is 12.4 Å².